The van der Waals surface area contributed by atoms with Crippen LogP contribution in [0.5, 0.6) is 0 Å². The Balaban J connectivity index is 3.33. The van der Waals surface area contributed by atoms with Crippen molar-refractivity contribution in [3.8, 4) is 12.3 Å². The molecule has 26 heavy (non-hydrogen) atoms. The molecule has 1 rings (SSSR count). The van der Waals surface area contributed by atoms with Gasteiger partial charge in [0.25, 0.3) is 0 Å². The van der Waals surface area contributed by atoms with Crippen molar-refractivity contribution in [3.05, 3.63) is 11.8 Å². The Labute approximate surface area is 158 Å². The van der Waals surface area contributed by atoms with Crippen molar-refractivity contribution < 1.29 is 23.5 Å². The van der Waals surface area contributed by atoms with E-state index in [1.54, 1.807) is 0 Å². The van der Waals surface area contributed by atoms with E-state index in [2.05, 4.69) is 39.8 Å². The minimum absolute atomic E-state index is 0.0569. The predicted molar refractivity (Wildman–Crippen MR) is 104 cm³/mol. The summed E-state index contributed by atoms with van der Waals surface area (Å²) in [6.45, 7) is 10.9. The number of ether oxygens (including phenoxy) is 2. The van der Waals surface area contributed by atoms with E-state index >= 15 is 0 Å². The predicted octanol–water partition coefficient (Wildman–Crippen LogP) is 4.05. The summed E-state index contributed by atoms with van der Waals surface area (Å²) in [6.07, 6.45) is 9.57. The molecule has 1 aliphatic rings. The van der Waals surface area contributed by atoms with Crippen molar-refractivity contribution in [2.75, 3.05) is 14.2 Å². The van der Waals surface area contributed by atoms with Crippen molar-refractivity contribution in [2.24, 2.45) is 11.3 Å². The van der Waals surface area contributed by atoms with Crippen LogP contribution in [0.2, 0.25) is 18.1 Å². The third-order valence-corrected chi connectivity index (χ3v) is 10.0. The van der Waals surface area contributed by atoms with E-state index in [-0.39, 0.29) is 11.5 Å². The van der Waals surface area contributed by atoms with E-state index in [0.29, 0.717) is 6.42 Å². The van der Waals surface area contributed by atoms with E-state index in [1.807, 2.05) is 6.08 Å². The third-order valence-electron chi connectivity index (χ3n) is 5.63. The van der Waals surface area contributed by atoms with Gasteiger partial charge in [0, 0.05) is 18.8 Å². The molecular weight excluding hydrogens is 348 g/mol. The average Bonchev–Trinajstić information content (AvgIpc) is 2.57. The maximum Gasteiger partial charge on any atom is 0.324 e. The van der Waals surface area contributed by atoms with Gasteiger partial charge in [-0.25, -0.2) is 0 Å². The number of hydrogen-bond acceptors (Lipinski definition) is 5. The van der Waals surface area contributed by atoms with Gasteiger partial charge < -0.3 is 13.9 Å². The summed E-state index contributed by atoms with van der Waals surface area (Å²) in [5.74, 6) is 1.57. The highest BCUT2D eigenvalue weighted by Gasteiger charge is 2.54. The lowest BCUT2D eigenvalue weighted by atomic mass is 9.69. The van der Waals surface area contributed by atoms with Crippen LogP contribution < -0.4 is 0 Å². The van der Waals surface area contributed by atoms with Gasteiger partial charge in [0.2, 0.25) is 8.32 Å². The molecule has 1 aliphatic carbocycles. The number of terminal acetylenes is 1. The molecule has 0 aromatic carbocycles. The van der Waals surface area contributed by atoms with Gasteiger partial charge in [0.05, 0.1) is 20.0 Å². The zero-order valence-corrected chi connectivity index (χ0v) is 18.1. The minimum atomic E-state index is -2.01. The lowest BCUT2D eigenvalue weighted by molar-refractivity contribution is -0.172. The second-order valence-corrected chi connectivity index (χ2v) is 13.1. The highest BCUT2D eigenvalue weighted by molar-refractivity contribution is 6.74. The van der Waals surface area contributed by atoms with Crippen LogP contribution >= 0.6 is 0 Å². The first-order valence-corrected chi connectivity index (χ1v) is 11.9. The van der Waals surface area contributed by atoms with Crippen LogP contribution in [-0.2, 0) is 23.5 Å². The summed E-state index contributed by atoms with van der Waals surface area (Å²) in [6, 6.07) is 0. The Bertz CT molecular complexity index is 591. The average molecular weight is 381 g/mol. The SMILES string of the molecule is C#CCC(C(=O)OC)(C(=O)OC)C1C=C(O[Si](C)(C)C(C)(C)C)CCC1. The molecule has 1 atom stereocenters. The molecule has 0 radical (unpaired) electrons. The van der Waals surface area contributed by atoms with Crippen LogP contribution in [0.3, 0.4) is 0 Å². The first-order valence-electron chi connectivity index (χ1n) is 8.96. The fraction of sp³-hybridized carbons (Fsp3) is 0.700. The second-order valence-electron chi connectivity index (χ2n) is 8.33. The number of methoxy groups -OCH3 is 2. The summed E-state index contributed by atoms with van der Waals surface area (Å²) in [4.78, 5) is 25.2. The van der Waals surface area contributed by atoms with Crippen LogP contribution in [0.15, 0.2) is 11.8 Å². The molecular formula is C20H32O5Si. The Hall–Kier alpha value is -1.74. The Morgan fingerprint density at radius 3 is 2.19 bits per heavy atom. The number of esters is 2. The maximum absolute atomic E-state index is 12.6. The quantitative estimate of drug-likeness (QED) is 0.301. The van der Waals surface area contributed by atoms with Gasteiger partial charge in [0.1, 0.15) is 0 Å². The standard InChI is InChI=1S/C20H32O5Si/c1-9-13-20(17(21)23-5,18(22)24-6)15-11-10-12-16(14-15)25-26(7,8)19(2,3)4/h1,14-15H,10-13H2,2-8H3. The van der Waals surface area contributed by atoms with Gasteiger partial charge in [-0.05, 0) is 37.0 Å². The Morgan fingerprint density at radius 2 is 1.77 bits per heavy atom. The molecule has 0 saturated heterocycles. The summed E-state index contributed by atoms with van der Waals surface area (Å²) in [5.41, 5.74) is -1.53. The van der Waals surface area contributed by atoms with E-state index in [1.165, 1.54) is 14.2 Å². The van der Waals surface area contributed by atoms with Crippen molar-refractivity contribution in [3.63, 3.8) is 0 Å². The van der Waals surface area contributed by atoms with Crippen LogP contribution in [0, 0.1) is 23.7 Å². The molecule has 0 spiro atoms. The van der Waals surface area contributed by atoms with Gasteiger partial charge >= 0.3 is 11.9 Å². The molecule has 0 aliphatic heterocycles. The Morgan fingerprint density at radius 1 is 1.23 bits per heavy atom. The van der Waals surface area contributed by atoms with Crippen LogP contribution in [0.4, 0.5) is 0 Å². The fourth-order valence-corrected chi connectivity index (χ4v) is 4.16. The molecule has 0 amide bonds. The Kier molecular flexibility index (Phi) is 7.12. The number of allylic oxidation sites excluding steroid dienone is 2. The first kappa shape index (κ1) is 22.3. The van der Waals surface area contributed by atoms with Gasteiger partial charge in [-0.1, -0.05) is 20.8 Å². The summed E-state index contributed by atoms with van der Waals surface area (Å²) in [5, 5.41) is 0.0569. The van der Waals surface area contributed by atoms with Gasteiger partial charge in [-0.2, -0.15) is 0 Å². The molecule has 146 valence electrons. The molecule has 0 bridgehead atoms. The second kappa shape index (κ2) is 8.30. The van der Waals surface area contributed by atoms with Gasteiger partial charge in [-0.15, -0.1) is 12.3 Å². The van der Waals surface area contributed by atoms with E-state index in [4.69, 9.17) is 20.3 Å². The summed E-state index contributed by atoms with van der Waals surface area (Å²) < 4.78 is 16.3. The maximum atomic E-state index is 12.6. The monoisotopic (exact) mass is 380 g/mol. The first-order chi connectivity index (χ1) is 12.0. The molecule has 1 unspecified atom stereocenters. The lowest BCUT2D eigenvalue weighted by Crippen LogP contribution is -2.47. The molecule has 0 heterocycles. The van der Waals surface area contributed by atoms with Crippen LogP contribution in [0.25, 0.3) is 0 Å². The number of carbonyl (C=O) groups is 2. The normalized spacial score (nSPS) is 18.4. The summed E-state index contributed by atoms with van der Waals surface area (Å²) in [7, 11) is 0.509. The zero-order valence-electron chi connectivity index (χ0n) is 17.1. The molecule has 0 aromatic heterocycles. The smallest absolute Gasteiger partial charge is 0.324 e. The zero-order chi connectivity index (χ0) is 20.2. The molecule has 6 heteroatoms. The van der Waals surface area contributed by atoms with Crippen molar-refractivity contribution >= 4 is 20.3 Å². The van der Waals surface area contributed by atoms with Gasteiger partial charge in [-0.3, -0.25) is 9.59 Å². The topological polar surface area (TPSA) is 61.8 Å². The highest BCUT2D eigenvalue weighted by Crippen LogP contribution is 2.44. The van der Waals surface area contributed by atoms with Crippen molar-refractivity contribution in [1.29, 1.82) is 0 Å². The highest BCUT2D eigenvalue weighted by atomic mass is 28.4. The molecule has 0 N–H and O–H groups in total. The summed E-state index contributed by atoms with van der Waals surface area (Å²) >= 11 is 0. The number of rotatable bonds is 6. The number of hydrogen-bond donors (Lipinski definition) is 0. The largest absolute Gasteiger partial charge is 0.547 e. The molecule has 0 saturated carbocycles. The van der Waals surface area contributed by atoms with E-state index in [9.17, 15) is 9.59 Å². The van der Waals surface area contributed by atoms with Crippen LogP contribution in [-0.4, -0.2) is 34.5 Å². The minimum Gasteiger partial charge on any atom is -0.547 e. The molecule has 0 fully saturated rings. The van der Waals surface area contributed by atoms with E-state index < -0.39 is 31.6 Å². The fourth-order valence-electron chi connectivity index (χ4n) is 3.03. The number of carbonyl (C=O) groups excluding carboxylic acids is 2. The van der Waals surface area contributed by atoms with Gasteiger partial charge in [0.15, 0.2) is 5.41 Å². The van der Waals surface area contributed by atoms with E-state index in [0.717, 1.165) is 18.6 Å². The molecule has 0 aromatic rings. The molecule has 5 nitrogen and oxygen atoms in total. The third kappa shape index (κ3) is 4.32. The van der Waals surface area contributed by atoms with Crippen molar-refractivity contribution in [2.45, 2.75) is 64.6 Å². The van der Waals surface area contributed by atoms with Crippen molar-refractivity contribution in [1.82, 2.24) is 0 Å². The van der Waals surface area contributed by atoms with Crippen LogP contribution in [0.1, 0.15) is 46.5 Å². The lowest BCUT2D eigenvalue weighted by Gasteiger charge is -2.40.